The van der Waals surface area contributed by atoms with E-state index in [4.69, 9.17) is 30.9 Å². The number of carbonyl (C=O) groups is 6. The van der Waals surface area contributed by atoms with Crippen molar-refractivity contribution >= 4 is 86.2 Å². The van der Waals surface area contributed by atoms with Crippen LogP contribution in [0.25, 0.3) is 33.5 Å². The second-order valence-corrected chi connectivity index (χ2v) is 38.0. The number of amides is 5. The van der Waals surface area contributed by atoms with Gasteiger partial charge in [0.2, 0.25) is 5.82 Å². The number of nitrogens with zero attached hydrogens (tertiary/aromatic N) is 15. The van der Waals surface area contributed by atoms with Crippen molar-refractivity contribution < 1.29 is 94.7 Å². The van der Waals surface area contributed by atoms with Crippen LogP contribution in [0.3, 0.4) is 0 Å². The molecule has 4 aliphatic rings. The quantitative estimate of drug-likeness (QED) is 0.0327. The van der Waals surface area contributed by atoms with Gasteiger partial charge in [0.25, 0.3) is 5.91 Å². The molecule has 34 heteroatoms. The number of fused-ring (bicyclic) bond motifs is 6. The van der Waals surface area contributed by atoms with Crippen molar-refractivity contribution in [3.8, 4) is 22.3 Å². The summed E-state index contributed by atoms with van der Waals surface area (Å²) < 4.78 is 16.9. The smallest absolute Gasteiger partial charge is 0.542 e. The molecule has 12 rings (SSSR count). The monoisotopic (exact) mass is 1370 g/mol. The molecule has 5 amide bonds. The van der Waals surface area contributed by atoms with Crippen LogP contribution >= 0.6 is 0 Å². The van der Waals surface area contributed by atoms with Crippen molar-refractivity contribution in [2.45, 2.75) is 166 Å². The van der Waals surface area contributed by atoms with Crippen molar-refractivity contribution in [1.82, 2.24) is 89.5 Å². The number of anilines is 4. The maximum Gasteiger partial charge on any atom is 1.00 e. The summed E-state index contributed by atoms with van der Waals surface area (Å²) in [6.07, 6.45) is 16.4. The number of aromatic nitrogens is 14. The van der Waals surface area contributed by atoms with E-state index in [1.807, 2.05) is 17.0 Å². The average Bonchev–Trinajstić information content (AvgIpc) is 1.44. The van der Waals surface area contributed by atoms with E-state index in [0.717, 1.165) is 73.0 Å². The van der Waals surface area contributed by atoms with Crippen molar-refractivity contribution in [3.63, 3.8) is 0 Å². The molecule has 2 unspecified atom stereocenters. The normalized spacial score (nSPS) is 18.8. The van der Waals surface area contributed by atoms with Crippen LogP contribution < -0.4 is 94.5 Å². The van der Waals surface area contributed by atoms with Crippen LogP contribution in [0.2, 0.25) is 51.4 Å². The fourth-order valence-corrected chi connectivity index (χ4v) is 14.1. The Kier molecular flexibility index (Phi) is 23.5. The van der Waals surface area contributed by atoms with Crippen LogP contribution in [0, 0.1) is 0 Å². The molecular weight excluding hydrogens is 1290 g/mol. The zero-order valence-electron chi connectivity index (χ0n) is 56.2. The van der Waals surface area contributed by atoms with Gasteiger partial charge in [0, 0.05) is 114 Å². The van der Waals surface area contributed by atoms with Crippen LogP contribution in [-0.2, 0) is 22.9 Å². The summed E-state index contributed by atoms with van der Waals surface area (Å²) >= 11 is 0. The second-order valence-electron chi connectivity index (χ2n) is 26.7. The van der Waals surface area contributed by atoms with Crippen LogP contribution in [0.15, 0.2) is 61.7 Å². The first-order chi connectivity index (χ1) is 45.3. The third-order valence-corrected chi connectivity index (χ3v) is 20.9. The van der Waals surface area contributed by atoms with Gasteiger partial charge in [-0.2, -0.15) is 29.4 Å². The molecule has 8 aromatic heterocycles. The van der Waals surface area contributed by atoms with E-state index in [1.54, 1.807) is 48.6 Å². The standard InChI is InChI=1S/C31H41N11O4Si.C22H26N8O2.C9H17N3O3Si.K/c1-18(43)25-26(39-28-23(15-36-42(28)27(25)32)19-6-9-24(34-14-19)38-31(45)33-2)20-12-21-7-8-22(13-20)41(21)30(44)29-35-16-37-40(29)17-46-10-11-47(3,4)5;1-11(31)18-19(13-7-14-4-5-15(8-13)27-14)29-21-16(10-26-30(21)20(18)23)12-3-6-17(25-9-12)28-22(32)24-2;1-16(2,3)5-4-15-7-12-8(9(13)14)10-6-11-12;/h6,9,14-16,20-22H,7-8,10-13,17,32H2,1-5H3,(H2,33,34,38,45);3,6,9-10,13-15,27H,4-5,7-8,23H2,1-2H3,(H2,24,25,28,32);6H,4-5,7H2,1-3H3,(H,13,14);/q;;;+1/p-1/t20?,21-,22+;13?,14-,15+;;. The molecule has 504 valence electrons. The topological polar surface area (TPSA) is 407 Å². The number of aromatic carboxylic acids is 1. The Balaban J connectivity index is 0.000000190. The Morgan fingerprint density at radius 1 is 0.594 bits per heavy atom. The number of hydrogen-bond donors (Lipinski definition) is 7. The second kappa shape index (κ2) is 31.2. The number of Topliss-reactive ketones (excluding diaryl/α,β-unsaturated/α-hetero) is 2. The molecule has 4 aliphatic heterocycles. The van der Waals surface area contributed by atoms with Gasteiger partial charge in [0.1, 0.15) is 55.4 Å². The minimum absolute atomic E-state index is 0. The summed E-state index contributed by atoms with van der Waals surface area (Å²) in [6.45, 7) is 18.2. The summed E-state index contributed by atoms with van der Waals surface area (Å²) in [5.41, 5.74) is 19.4. The number of urea groups is 2. The maximum absolute atomic E-state index is 13.9. The molecule has 96 heavy (non-hydrogen) atoms. The molecule has 0 spiro atoms. The van der Waals surface area contributed by atoms with Crippen molar-refractivity contribution in [2.24, 2.45) is 0 Å². The fraction of sp³-hybridized carbons (Fsp3) is 0.484. The molecule has 0 saturated carbocycles. The van der Waals surface area contributed by atoms with E-state index in [0.29, 0.717) is 89.3 Å². The number of nitrogens with one attached hydrogen (secondary N) is 5. The molecule has 4 bridgehead atoms. The van der Waals surface area contributed by atoms with Crippen LogP contribution in [0.5, 0.6) is 0 Å². The number of hydrogen-bond acceptors (Lipinski definition) is 22. The molecule has 6 atom stereocenters. The predicted octanol–water partition coefficient (Wildman–Crippen LogP) is 3.07. The van der Waals surface area contributed by atoms with Gasteiger partial charge in [-0.3, -0.25) is 25.0 Å². The molecule has 9 N–H and O–H groups in total. The van der Waals surface area contributed by atoms with Crippen LogP contribution in [0.4, 0.5) is 32.9 Å². The van der Waals surface area contributed by atoms with Gasteiger partial charge in [-0.1, -0.05) is 39.3 Å². The number of carboxylic acid groups (broad SMARTS) is 1. The van der Waals surface area contributed by atoms with Gasteiger partial charge in [-0.15, -0.1) is 0 Å². The van der Waals surface area contributed by atoms with Gasteiger partial charge >= 0.3 is 63.4 Å². The SMILES string of the molecule is CNC(=O)Nc1ccc(-c2cnn3c(N)c(C(C)=O)c(C4C[C@H]5CC[C@@H](C4)N5)nc23)cn1.CNC(=O)Nc1ccc(-c2cnn3c(N)c(C(C)=O)c(C4C[C@H]5CC[C@@H](C4)N5C(=O)c4ncnn4COCC[Si](C)(C)C)nc23)cn1.C[Si](C)(C)CCOCn1ncnc1C(=O)[O-].[K+]. The van der Waals surface area contributed by atoms with Crippen molar-refractivity contribution in [1.29, 1.82) is 0 Å². The van der Waals surface area contributed by atoms with E-state index in [1.165, 1.54) is 47.3 Å². The van der Waals surface area contributed by atoms with E-state index < -0.39 is 22.1 Å². The largest absolute Gasteiger partial charge is 1.00 e. The molecule has 31 nitrogen and oxygen atoms in total. The minimum atomic E-state index is -1.34. The van der Waals surface area contributed by atoms with Gasteiger partial charge < -0.3 is 51.7 Å². The first-order valence-electron chi connectivity index (χ1n) is 31.8. The Morgan fingerprint density at radius 3 is 1.42 bits per heavy atom. The Bertz CT molecular complexity index is 4100. The molecular formula is C62H83KN22O9Si2. The predicted molar refractivity (Wildman–Crippen MR) is 357 cm³/mol. The first kappa shape index (κ1) is 72.5. The van der Waals surface area contributed by atoms with E-state index in [9.17, 15) is 33.9 Å². The number of ketones is 2. The zero-order valence-corrected chi connectivity index (χ0v) is 61.3. The zero-order chi connectivity index (χ0) is 68.0. The summed E-state index contributed by atoms with van der Waals surface area (Å²) in [6, 6.07) is 9.24. The Hall–Kier alpha value is -7.81. The molecule has 8 aromatic rings. The number of nitrogens with two attached hydrogens (primary N) is 2. The molecule has 4 fully saturated rings. The number of rotatable bonds is 20. The number of piperidine rings is 2. The number of nitrogen functional groups attached to an aromatic ring is 2. The molecule has 0 radical (unpaired) electrons. The summed E-state index contributed by atoms with van der Waals surface area (Å²) in [5.74, 6) is -0.257. The van der Waals surface area contributed by atoms with E-state index in [2.05, 4.69) is 106 Å². The number of ether oxygens (including phenoxy) is 2. The molecule has 0 aliphatic carbocycles. The third-order valence-electron chi connectivity index (χ3n) is 17.5. The van der Waals surface area contributed by atoms with Gasteiger partial charge in [0.15, 0.2) is 28.7 Å². The molecule has 4 saturated heterocycles. The first-order valence-corrected chi connectivity index (χ1v) is 39.2. The maximum atomic E-state index is 13.9. The summed E-state index contributed by atoms with van der Waals surface area (Å²) in [7, 11) is 0.711. The average molecular weight is 1380 g/mol. The number of carboxylic acids is 1. The summed E-state index contributed by atoms with van der Waals surface area (Å²) in [4.78, 5) is 102. The van der Waals surface area contributed by atoms with E-state index in [-0.39, 0.29) is 136 Å². The van der Waals surface area contributed by atoms with Gasteiger partial charge in [-0.25, -0.2) is 48.9 Å². The van der Waals surface area contributed by atoms with Crippen LogP contribution in [-0.4, -0.2) is 177 Å². The van der Waals surface area contributed by atoms with Gasteiger partial charge in [0.05, 0.1) is 34.9 Å². The van der Waals surface area contributed by atoms with Crippen molar-refractivity contribution in [2.75, 3.05) is 49.4 Å². The van der Waals surface area contributed by atoms with Crippen molar-refractivity contribution in [3.05, 3.63) is 95.9 Å². The Morgan fingerprint density at radius 2 is 1.02 bits per heavy atom. The van der Waals surface area contributed by atoms with E-state index >= 15 is 0 Å². The van der Waals surface area contributed by atoms with Gasteiger partial charge in [-0.05, 0) is 102 Å². The fourth-order valence-electron chi connectivity index (χ4n) is 12.6. The molecule has 0 aromatic carbocycles. The number of carbonyl (C=O) groups excluding carboxylic acids is 6. The minimum Gasteiger partial charge on any atom is -0.542 e. The van der Waals surface area contributed by atoms with Crippen LogP contribution in [0.1, 0.15) is 130 Å². The Labute approximate surface area is 599 Å². The number of pyridine rings is 2. The third kappa shape index (κ3) is 16.9. The summed E-state index contributed by atoms with van der Waals surface area (Å²) in [5, 5.41) is 41.4. The molecule has 12 heterocycles.